The Morgan fingerprint density at radius 1 is 1.28 bits per heavy atom. The van der Waals surface area contributed by atoms with Crippen molar-refractivity contribution in [2.75, 3.05) is 6.61 Å². The van der Waals surface area contributed by atoms with E-state index in [1.165, 1.54) is 6.07 Å². The zero-order valence-corrected chi connectivity index (χ0v) is 14.1. The van der Waals surface area contributed by atoms with Gasteiger partial charge in [-0.1, -0.05) is 24.9 Å². The van der Waals surface area contributed by atoms with Crippen molar-refractivity contribution < 1.29 is 27.5 Å². The van der Waals surface area contributed by atoms with E-state index in [1.807, 2.05) is 6.92 Å². The Bertz CT molecular complexity index is 726. The third kappa shape index (κ3) is 3.61. The highest BCUT2D eigenvalue weighted by Gasteiger charge is 2.38. The van der Waals surface area contributed by atoms with E-state index in [1.54, 1.807) is 6.07 Å². The molecule has 138 valence electrons. The minimum Gasteiger partial charge on any atom is -0.490 e. The van der Waals surface area contributed by atoms with E-state index >= 15 is 0 Å². The lowest BCUT2D eigenvalue weighted by atomic mass is 9.87. The number of benzene rings is 1. The number of aromatic nitrogens is 1. The first-order valence-corrected chi connectivity index (χ1v) is 8.71. The van der Waals surface area contributed by atoms with Crippen LogP contribution >= 0.6 is 0 Å². The van der Waals surface area contributed by atoms with Crippen LogP contribution < -0.4 is 4.74 Å². The van der Waals surface area contributed by atoms with Gasteiger partial charge in [0.1, 0.15) is 11.9 Å². The van der Waals surface area contributed by atoms with Gasteiger partial charge in [0.25, 0.3) is 0 Å². The van der Waals surface area contributed by atoms with E-state index in [9.17, 15) is 18.3 Å². The van der Waals surface area contributed by atoms with Crippen LogP contribution in [0.25, 0.3) is 11.0 Å². The number of fused-ring (bicyclic) bond motifs is 1. The van der Waals surface area contributed by atoms with Crippen molar-refractivity contribution >= 4 is 11.0 Å². The van der Waals surface area contributed by atoms with Crippen LogP contribution in [-0.2, 0) is 12.6 Å². The molecule has 4 nitrogen and oxygen atoms in total. The van der Waals surface area contributed by atoms with Crippen molar-refractivity contribution in [2.24, 2.45) is 5.92 Å². The second-order valence-corrected chi connectivity index (χ2v) is 6.58. The zero-order chi connectivity index (χ0) is 18.0. The van der Waals surface area contributed by atoms with Gasteiger partial charge in [0.2, 0.25) is 0 Å². The summed E-state index contributed by atoms with van der Waals surface area (Å²) in [7, 11) is 0. The van der Waals surface area contributed by atoms with Crippen molar-refractivity contribution in [3.8, 4) is 5.75 Å². The number of aliphatic hydroxyl groups excluding tert-OH is 1. The number of hydrogen-bond acceptors (Lipinski definition) is 4. The SMILES string of the molecule is CCCc1c(O[C@H]2CCCC[C@H]2CO)ccc2c(C(F)(F)F)noc12. The van der Waals surface area contributed by atoms with E-state index in [0.29, 0.717) is 17.7 Å². The number of ether oxygens (including phenoxy) is 1. The summed E-state index contributed by atoms with van der Waals surface area (Å²) in [6.07, 6.45) is 0.406. The van der Waals surface area contributed by atoms with Crippen LogP contribution in [0, 0.1) is 5.92 Å². The summed E-state index contributed by atoms with van der Waals surface area (Å²) in [5.41, 5.74) is -0.245. The predicted molar refractivity (Wildman–Crippen MR) is 86.5 cm³/mol. The number of aryl methyl sites for hydroxylation is 1. The molecule has 0 bridgehead atoms. The fourth-order valence-corrected chi connectivity index (χ4v) is 3.54. The van der Waals surface area contributed by atoms with Crippen molar-refractivity contribution in [2.45, 2.75) is 57.7 Å². The fourth-order valence-electron chi connectivity index (χ4n) is 3.54. The van der Waals surface area contributed by atoms with Gasteiger partial charge in [0.05, 0.1) is 5.39 Å². The summed E-state index contributed by atoms with van der Waals surface area (Å²) in [5, 5.41) is 12.7. The monoisotopic (exact) mass is 357 g/mol. The molecule has 1 aromatic carbocycles. The highest BCUT2D eigenvalue weighted by Crippen LogP contribution is 2.39. The molecule has 1 aromatic heterocycles. The van der Waals surface area contributed by atoms with Gasteiger partial charge in [-0.05, 0) is 37.8 Å². The van der Waals surface area contributed by atoms with Gasteiger partial charge in [0, 0.05) is 18.1 Å². The van der Waals surface area contributed by atoms with Gasteiger partial charge in [-0.15, -0.1) is 0 Å². The Morgan fingerprint density at radius 3 is 2.72 bits per heavy atom. The Hall–Kier alpha value is -1.76. The molecule has 1 aliphatic rings. The molecule has 3 rings (SSSR count). The van der Waals surface area contributed by atoms with Gasteiger partial charge >= 0.3 is 6.18 Å². The van der Waals surface area contributed by atoms with E-state index in [-0.39, 0.29) is 29.6 Å². The number of rotatable bonds is 5. The maximum Gasteiger partial charge on any atom is 0.437 e. The first-order chi connectivity index (χ1) is 12.0. The molecule has 0 aliphatic heterocycles. The van der Waals surface area contributed by atoms with Crippen LogP contribution in [0.1, 0.15) is 50.3 Å². The second-order valence-electron chi connectivity index (χ2n) is 6.58. The molecular formula is C18H22F3NO3. The molecule has 1 fully saturated rings. The molecule has 1 saturated carbocycles. The maximum atomic E-state index is 13.1. The lowest BCUT2D eigenvalue weighted by Gasteiger charge is -2.31. The van der Waals surface area contributed by atoms with Gasteiger partial charge in [-0.3, -0.25) is 0 Å². The lowest BCUT2D eigenvalue weighted by Crippen LogP contribution is -2.32. The van der Waals surface area contributed by atoms with E-state index < -0.39 is 11.9 Å². The maximum absolute atomic E-state index is 13.1. The fraction of sp³-hybridized carbons (Fsp3) is 0.611. The summed E-state index contributed by atoms with van der Waals surface area (Å²) in [5.74, 6) is 0.587. The molecule has 1 N–H and O–H groups in total. The van der Waals surface area contributed by atoms with E-state index in [0.717, 1.165) is 32.1 Å². The number of hydrogen-bond donors (Lipinski definition) is 1. The number of alkyl halides is 3. The van der Waals surface area contributed by atoms with Crippen molar-refractivity contribution in [1.82, 2.24) is 5.16 Å². The first-order valence-electron chi connectivity index (χ1n) is 8.71. The predicted octanol–water partition coefficient (Wildman–Crippen LogP) is 4.73. The van der Waals surface area contributed by atoms with Gasteiger partial charge < -0.3 is 14.4 Å². The first kappa shape index (κ1) is 18.0. The summed E-state index contributed by atoms with van der Waals surface area (Å²) < 4.78 is 50.3. The highest BCUT2D eigenvalue weighted by atomic mass is 19.4. The normalized spacial score (nSPS) is 21.6. The molecule has 0 unspecified atom stereocenters. The molecule has 0 amide bonds. The van der Waals surface area contributed by atoms with Gasteiger partial charge in [-0.25, -0.2) is 0 Å². The lowest BCUT2D eigenvalue weighted by molar-refractivity contribution is -0.141. The van der Waals surface area contributed by atoms with Gasteiger partial charge in [-0.2, -0.15) is 13.2 Å². The van der Waals surface area contributed by atoms with Crippen LogP contribution in [0.2, 0.25) is 0 Å². The van der Waals surface area contributed by atoms with Crippen molar-refractivity contribution in [1.29, 1.82) is 0 Å². The molecule has 2 aromatic rings. The Balaban J connectivity index is 1.99. The summed E-state index contributed by atoms with van der Waals surface area (Å²) in [6, 6.07) is 2.93. The molecule has 0 saturated heterocycles. The molecule has 1 heterocycles. The minimum atomic E-state index is -4.55. The molecule has 1 aliphatic carbocycles. The van der Waals surface area contributed by atoms with Crippen molar-refractivity contribution in [3.63, 3.8) is 0 Å². The molecule has 2 atom stereocenters. The van der Waals surface area contributed by atoms with Crippen molar-refractivity contribution in [3.05, 3.63) is 23.4 Å². The summed E-state index contributed by atoms with van der Waals surface area (Å²) >= 11 is 0. The quantitative estimate of drug-likeness (QED) is 0.841. The Kier molecular flexibility index (Phi) is 5.22. The smallest absolute Gasteiger partial charge is 0.437 e. The number of halogens is 3. The minimum absolute atomic E-state index is 0.0364. The Morgan fingerprint density at radius 2 is 2.04 bits per heavy atom. The largest absolute Gasteiger partial charge is 0.490 e. The molecule has 25 heavy (non-hydrogen) atoms. The van der Waals surface area contributed by atoms with Crippen LogP contribution in [0.3, 0.4) is 0 Å². The van der Waals surface area contributed by atoms with Gasteiger partial charge in [0.15, 0.2) is 11.3 Å². The molecule has 0 radical (unpaired) electrons. The van der Waals surface area contributed by atoms with Crippen LogP contribution in [-0.4, -0.2) is 23.0 Å². The zero-order valence-electron chi connectivity index (χ0n) is 14.1. The second kappa shape index (κ2) is 7.23. The molecule has 7 heteroatoms. The third-order valence-corrected chi connectivity index (χ3v) is 4.82. The molecular weight excluding hydrogens is 335 g/mol. The third-order valence-electron chi connectivity index (χ3n) is 4.82. The standard InChI is InChI=1S/C18H22F3NO3/c1-2-5-12-15(24-14-7-4-3-6-11(14)10-23)9-8-13-16(12)25-22-17(13)18(19,20)21/h8-9,11,14,23H,2-7,10H2,1H3/t11-,14-/m0/s1. The molecule has 0 spiro atoms. The van der Waals surface area contributed by atoms with Crippen LogP contribution in [0.15, 0.2) is 16.7 Å². The van der Waals surface area contributed by atoms with Crippen LogP contribution in [0.5, 0.6) is 5.75 Å². The summed E-state index contributed by atoms with van der Waals surface area (Å²) in [4.78, 5) is 0. The Labute approximate surface area is 143 Å². The highest BCUT2D eigenvalue weighted by molar-refractivity contribution is 5.85. The number of aliphatic hydroxyl groups is 1. The van der Waals surface area contributed by atoms with E-state index in [2.05, 4.69) is 5.16 Å². The topological polar surface area (TPSA) is 55.5 Å². The average Bonchev–Trinajstić information content (AvgIpc) is 3.02. The summed E-state index contributed by atoms with van der Waals surface area (Å²) in [6.45, 7) is 2.00. The van der Waals surface area contributed by atoms with E-state index in [4.69, 9.17) is 9.26 Å². The average molecular weight is 357 g/mol. The number of nitrogens with zero attached hydrogens (tertiary/aromatic N) is 1. The van der Waals surface area contributed by atoms with Crippen LogP contribution in [0.4, 0.5) is 13.2 Å².